The zero-order valence-corrected chi connectivity index (χ0v) is 15.4. The molecule has 0 atom stereocenters. The number of nitrogens with two attached hydrogens (primary N) is 1. The third kappa shape index (κ3) is 3.28. The Morgan fingerprint density at radius 2 is 1.38 bits per heavy atom. The zero-order valence-electron chi connectivity index (χ0n) is 15.4. The number of hydrogen-bond acceptors (Lipinski definition) is 5. The number of nitrogen functional groups attached to an aromatic ring is 1. The average molecular weight is 350 g/mol. The van der Waals surface area contributed by atoms with Crippen molar-refractivity contribution in [3.05, 3.63) is 54.2 Å². The highest BCUT2D eigenvalue weighted by Gasteiger charge is 2.16. The molecule has 0 spiro atoms. The minimum absolute atomic E-state index is 0.440. The van der Waals surface area contributed by atoms with E-state index in [9.17, 15) is 0 Å². The van der Waals surface area contributed by atoms with Gasteiger partial charge in [0.2, 0.25) is 5.75 Å². The van der Waals surface area contributed by atoms with Crippen molar-refractivity contribution in [2.45, 2.75) is 6.92 Å². The molecule has 3 rings (SSSR count). The van der Waals surface area contributed by atoms with E-state index in [0.717, 1.165) is 22.3 Å². The first-order chi connectivity index (χ1) is 12.6. The van der Waals surface area contributed by atoms with E-state index in [-0.39, 0.29) is 0 Å². The Morgan fingerprint density at radius 3 is 1.92 bits per heavy atom. The van der Waals surface area contributed by atoms with Crippen LogP contribution in [-0.2, 0) is 0 Å². The third-order valence-electron chi connectivity index (χ3n) is 4.28. The van der Waals surface area contributed by atoms with Gasteiger partial charge in [0.15, 0.2) is 11.5 Å². The van der Waals surface area contributed by atoms with Crippen molar-refractivity contribution in [2.75, 3.05) is 27.1 Å². The maximum atomic E-state index is 6.15. The molecule has 0 aliphatic heterocycles. The Labute approximate surface area is 153 Å². The van der Waals surface area contributed by atoms with E-state index in [0.29, 0.717) is 23.1 Å². The van der Waals surface area contributed by atoms with Crippen LogP contribution in [0, 0.1) is 6.92 Å². The normalized spacial score (nSPS) is 10.5. The number of pyridine rings is 1. The van der Waals surface area contributed by atoms with Crippen LogP contribution in [0.5, 0.6) is 17.2 Å². The molecule has 1 heterocycles. The van der Waals surface area contributed by atoms with E-state index in [4.69, 9.17) is 19.9 Å². The molecule has 134 valence electrons. The smallest absolute Gasteiger partial charge is 0.203 e. The number of ether oxygens (including phenoxy) is 3. The zero-order chi connectivity index (χ0) is 18.7. The number of benzene rings is 2. The Morgan fingerprint density at radius 1 is 0.769 bits per heavy atom. The molecular weight excluding hydrogens is 328 g/mol. The molecule has 5 heteroatoms. The summed E-state index contributed by atoms with van der Waals surface area (Å²) in [6.07, 6.45) is 1.78. The number of hydrogen-bond donors (Lipinski definition) is 1. The van der Waals surface area contributed by atoms with E-state index < -0.39 is 0 Å². The van der Waals surface area contributed by atoms with Gasteiger partial charge in [0.25, 0.3) is 0 Å². The number of rotatable bonds is 5. The molecular formula is C21H22N2O3. The second-order valence-corrected chi connectivity index (χ2v) is 5.94. The van der Waals surface area contributed by atoms with Gasteiger partial charge in [-0.3, -0.25) is 0 Å². The lowest BCUT2D eigenvalue weighted by molar-refractivity contribution is 0.324. The van der Waals surface area contributed by atoms with Crippen LogP contribution in [-0.4, -0.2) is 26.3 Å². The Hall–Kier alpha value is -3.21. The van der Waals surface area contributed by atoms with E-state index in [1.54, 1.807) is 27.5 Å². The van der Waals surface area contributed by atoms with Gasteiger partial charge in [-0.25, -0.2) is 4.98 Å². The molecule has 0 aliphatic rings. The summed E-state index contributed by atoms with van der Waals surface area (Å²) in [5, 5.41) is 0. The highest BCUT2D eigenvalue weighted by atomic mass is 16.5. The molecule has 5 nitrogen and oxygen atoms in total. The van der Waals surface area contributed by atoms with Crippen LogP contribution in [0.4, 0.5) is 5.82 Å². The van der Waals surface area contributed by atoms with Crippen LogP contribution >= 0.6 is 0 Å². The first-order valence-corrected chi connectivity index (χ1v) is 8.20. The van der Waals surface area contributed by atoms with Gasteiger partial charge in [-0.2, -0.15) is 0 Å². The fraction of sp³-hybridized carbons (Fsp3) is 0.190. The van der Waals surface area contributed by atoms with Crippen molar-refractivity contribution in [1.82, 2.24) is 4.98 Å². The summed E-state index contributed by atoms with van der Waals surface area (Å²) in [6.45, 7) is 2.06. The van der Waals surface area contributed by atoms with E-state index in [1.807, 2.05) is 18.2 Å². The summed E-state index contributed by atoms with van der Waals surface area (Å²) in [7, 11) is 4.75. The highest BCUT2D eigenvalue weighted by molar-refractivity contribution is 5.81. The van der Waals surface area contributed by atoms with Gasteiger partial charge < -0.3 is 19.9 Å². The molecule has 0 amide bonds. The maximum absolute atomic E-state index is 6.15. The summed E-state index contributed by atoms with van der Waals surface area (Å²) in [5.74, 6) is 2.12. The van der Waals surface area contributed by atoms with Gasteiger partial charge in [0.05, 0.1) is 21.3 Å². The summed E-state index contributed by atoms with van der Waals surface area (Å²) in [4.78, 5) is 4.37. The molecule has 0 radical (unpaired) electrons. The number of nitrogens with zero attached hydrogens (tertiary/aromatic N) is 1. The van der Waals surface area contributed by atoms with Gasteiger partial charge in [0, 0.05) is 17.3 Å². The molecule has 0 unspecified atom stereocenters. The molecule has 0 aliphatic carbocycles. The SMILES string of the molecule is COc1cc(-c2cc(-c3ccc(C)cc3)cnc2N)cc(OC)c1OC. The average Bonchev–Trinajstić information content (AvgIpc) is 2.67. The Kier molecular flexibility index (Phi) is 4.98. The number of aromatic nitrogens is 1. The molecule has 0 saturated heterocycles. The van der Waals surface area contributed by atoms with Crippen molar-refractivity contribution in [1.29, 1.82) is 0 Å². The van der Waals surface area contributed by atoms with Gasteiger partial charge in [-0.15, -0.1) is 0 Å². The van der Waals surface area contributed by atoms with Crippen LogP contribution < -0.4 is 19.9 Å². The Bertz CT molecular complexity index is 896. The van der Waals surface area contributed by atoms with Crippen molar-refractivity contribution in [3.8, 4) is 39.5 Å². The van der Waals surface area contributed by atoms with E-state index in [1.165, 1.54) is 5.56 Å². The third-order valence-corrected chi connectivity index (χ3v) is 4.28. The van der Waals surface area contributed by atoms with Crippen LogP contribution in [0.25, 0.3) is 22.3 Å². The van der Waals surface area contributed by atoms with Crippen molar-refractivity contribution in [2.24, 2.45) is 0 Å². The van der Waals surface area contributed by atoms with Gasteiger partial charge in [-0.1, -0.05) is 29.8 Å². The molecule has 0 fully saturated rings. The van der Waals surface area contributed by atoms with Crippen LogP contribution in [0.15, 0.2) is 48.7 Å². The number of aryl methyl sites for hydroxylation is 1. The minimum atomic E-state index is 0.440. The van der Waals surface area contributed by atoms with Crippen molar-refractivity contribution >= 4 is 5.82 Å². The van der Waals surface area contributed by atoms with E-state index >= 15 is 0 Å². The first kappa shape index (κ1) is 17.6. The van der Waals surface area contributed by atoms with Crippen LogP contribution in [0.2, 0.25) is 0 Å². The largest absolute Gasteiger partial charge is 0.493 e. The molecule has 1 aromatic heterocycles. The fourth-order valence-electron chi connectivity index (χ4n) is 2.85. The summed E-state index contributed by atoms with van der Waals surface area (Å²) in [5.41, 5.74) is 11.1. The molecule has 3 aromatic rings. The quantitative estimate of drug-likeness (QED) is 0.742. The monoisotopic (exact) mass is 350 g/mol. The van der Waals surface area contributed by atoms with Gasteiger partial charge >= 0.3 is 0 Å². The molecule has 2 N–H and O–H groups in total. The van der Waals surface area contributed by atoms with Crippen molar-refractivity contribution in [3.63, 3.8) is 0 Å². The maximum Gasteiger partial charge on any atom is 0.203 e. The Balaban J connectivity index is 2.14. The summed E-state index contributed by atoms with van der Waals surface area (Å²) >= 11 is 0. The van der Waals surface area contributed by atoms with Crippen molar-refractivity contribution < 1.29 is 14.2 Å². The topological polar surface area (TPSA) is 66.6 Å². The predicted octanol–water partition coefficient (Wildman–Crippen LogP) is 4.33. The second kappa shape index (κ2) is 7.35. The number of methoxy groups -OCH3 is 3. The molecule has 2 aromatic carbocycles. The highest BCUT2D eigenvalue weighted by Crippen LogP contribution is 2.42. The summed E-state index contributed by atoms with van der Waals surface area (Å²) < 4.78 is 16.3. The number of anilines is 1. The molecule has 26 heavy (non-hydrogen) atoms. The molecule has 0 bridgehead atoms. The lowest BCUT2D eigenvalue weighted by atomic mass is 10.00. The van der Waals surface area contributed by atoms with Crippen LogP contribution in [0.3, 0.4) is 0 Å². The first-order valence-electron chi connectivity index (χ1n) is 8.20. The van der Waals surface area contributed by atoms with E-state index in [2.05, 4.69) is 36.2 Å². The van der Waals surface area contributed by atoms with Crippen LogP contribution in [0.1, 0.15) is 5.56 Å². The standard InChI is InChI=1S/C21H22N2O3/c1-13-5-7-14(8-6-13)16-9-17(21(22)23-12-16)15-10-18(24-2)20(26-4)19(11-15)25-3/h5-12H,1-4H3,(H2,22,23). The van der Waals surface area contributed by atoms with Gasteiger partial charge in [0.1, 0.15) is 5.82 Å². The lowest BCUT2D eigenvalue weighted by Crippen LogP contribution is -1.98. The second-order valence-electron chi connectivity index (χ2n) is 5.94. The van der Waals surface area contributed by atoms with Gasteiger partial charge in [-0.05, 0) is 36.2 Å². The minimum Gasteiger partial charge on any atom is -0.493 e. The fourth-order valence-corrected chi connectivity index (χ4v) is 2.85. The molecule has 0 saturated carbocycles. The summed E-state index contributed by atoms with van der Waals surface area (Å²) in [6, 6.07) is 14.0. The predicted molar refractivity (Wildman–Crippen MR) is 104 cm³/mol. The lowest BCUT2D eigenvalue weighted by Gasteiger charge is -2.15.